The van der Waals surface area contributed by atoms with E-state index < -0.39 is 0 Å². The van der Waals surface area contributed by atoms with Gasteiger partial charge in [0.2, 0.25) is 0 Å². The van der Waals surface area contributed by atoms with E-state index >= 15 is 0 Å². The molecule has 8 heteroatoms. The maximum Gasteiger partial charge on any atom is 0.166 e. The fraction of sp³-hybridized carbons (Fsp3) is 0.429. The number of rotatable bonds is 8. The maximum absolute atomic E-state index is 14.8. The molecule has 1 N–H and O–H groups in total. The van der Waals surface area contributed by atoms with E-state index in [0.717, 1.165) is 41.3 Å². The number of ether oxygens (including phenoxy) is 2. The minimum Gasteiger partial charge on any atom is -0.383 e. The van der Waals surface area contributed by atoms with E-state index in [1.54, 1.807) is 38.2 Å². The van der Waals surface area contributed by atoms with Gasteiger partial charge in [-0.25, -0.2) is 9.37 Å². The summed E-state index contributed by atoms with van der Waals surface area (Å²) in [6.45, 7) is 2.01. The third kappa shape index (κ3) is 4.55. The monoisotopic (exact) mass is 416 g/mol. The zero-order valence-corrected chi connectivity index (χ0v) is 17.5. The summed E-state index contributed by atoms with van der Waals surface area (Å²) in [4.78, 5) is 14.4. The molecule has 2 aromatic heterocycles. The van der Waals surface area contributed by atoms with Gasteiger partial charge in [0.05, 0.1) is 41.7 Å². The molecule has 0 amide bonds. The highest BCUT2D eigenvalue weighted by molar-refractivity contribution is 7.98. The molecule has 1 aliphatic rings. The number of nitrogens with one attached hydrogen (secondary N) is 1. The zero-order valence-electron chi connectivity index (χ0n) is 16.7. The van der Waals surface area contributed by atoms with E-state index in [1.165, 1.54) is 0 Å². The fourth-order valence-electron chi connectivity index (χ4n) is 3.81. The first kappa shape index (κ1) is 20.1. The standard InChI is InChI=1S/C21H25FN4O2S/c1-27-11-14-5-6-23-15(8-14)13-29-21-24-18-9-17(22)20(10-19(18)25-21)26-7-3-4-16(26)12-28-2/h5-6,8-10,16H,3-4,7,11-13H2,1-2H3,(H,24,25). The number of methoxy groups -OCH3 is 2. The third-order valence-corrected chi connectivity index (χ3v) is 6.03. The van der Waals surface area contributed by atoms with Crippen LogP contribution in [0.1, 0.15) is 24.1 Å². The molecule has 1 aliphatic heterocycles. The lowest BCUT2D eigenvalue weighted by Gasteiger charge is -2.26. The van der Waals surface area contributed by atoms with Crippen LogP contribution in [0.3, 0.4) is 0 Å². The minimum atomic E-state index is -0.227. The number of benzene rings is 1. The average molecular weight is 417 g/mol. The van der Waals surface area contributed by atoms with Crippen LogP contribution in [0.4, 0.5) is 10.1 Å². The molecule has 0 spiro atoms. The van der Waals surface area contributed by atoms with Crippen LogP contribution in [-0.4, -0.2) is 48.4 Å². The molecule has 1 saturated heterocycles. The maximum atomic E-state index is 14.8. The van der Waals surface area contributed by atoms with Gasteiger partial charge in [0, 0.05) is 38.8 Å². The molecule has 154 valence electrons. The molecule has 0 aliphatic carbocycles. The average Bonchev–Trinajstić information content (AvgIpc) is 3.33. The second-order valence-electron chi connectivity index (χ2n) is 7.18. The zero-order chi connectivity index (χ0) is 20.2. The summed E-state index contributed by atoms with van der Waals surface area (Å²) in [5.41, 5.74) is 4.13. The molecule has 1 unspecified atom stereocenters. The summed E-state index contributed by atoms with van der Waals surface area (Å²) in [6, 6.07) is 7.57. The first-order chi connectivity index (χ1) is 14.2. The molecule has 3 aromatic rings. The van der Waals surface area contributed by atoms with Gasteiger partial charge >= 0.3 is 0 Å². The first-order valence-electron chi connectivity index (χ1n) is 9.68. The van der Waals surface area contributed by atoms with Gasteiger partial charge in [-0.1, -0.05) is 11.8 Å². The van der Waals surface area contributed by atoms with Crippen LogP contribution < -0.4 is 4.90 Å². The van der Waals surface area contributed by atoms with E-state index in [2.05, 4.69) is 19.9 Å². The van der Waals surface area contributed by atoms with Crippen molar-refractivity contribution in [2.45, 2.75) is 36.4 Å². The van der Waals surface area contributed by atoms with Crippen molar-refractivity contribution in [1.29, 1.82) is 0 Å². The Morgan fingerprint density at radius 2 is 2.17 bits per heavy atom. The molecule has 1 fully saturated rings. The van der Waals surface area contributed by atoms with E-state index in [4.69, 9.17) is 9.47 Å². The number of pyridine rings is 1. The van der Waals surface area contributed by atoms with Crippen LogP contribution in [0.2, 0.25) is 0 Å². The number of aromatic nitrogens is 3. The minimum absolute atomic E-state index is 0.213. The number of nitrogens with zero attached hydrogens (tertiary/aromatic N) is 3. The van der Waals surface area contributed by atoms with Crippen LogP contribution in [0, 0.1) is 5.82 Å². The van der Waals surface area contributed by atoms with Crippen molar-refractivity contribution >= 4 is 28.5 Å². The Labute approximate surface area is 173 Å². The van der Waals surface area contributed by atoms with Gasteiger partial charge in [0.1, 0.15) is 5.82 Å². The molecule has 0 bridgehead atoms. The Balaban J connectivity index is 1.51. The Morgan fingerprint density at radius 3 is 3.00 bits per heavy atom. The van der Waals surface area contributed by atoms with Crippen molar-refractivity contribution in [3.8, 4) is 0 Å². The van der Waals surface area contributed by atoms with Crippen molar-refractivity contribution in [1.82, 2.24) is 15.0 Å². The van der Waals surface area contributed by atoms with Crippen LogP contribution in [0.5, 0.6) is 0 Å². The van der Waals surface area contributed by atoms with Crippen molar-refractivity contribution in [3.05, 3.63) is 47.5 Å². The molecule has 0 saturated carbocycles. The molecule has 0 radical (unpaired) electrons. The molecule has 29 heavy (non-hydrogen) atoms. The van der Waals surface area contributed by atoms with E-state index in [9.17, 15) is 4.39 Å². The van der Waals surface area contributed by atoms with Crippen LogP contribution in [0.15, 0.2) is 35.6 Å². The van der Waals surface area contributed by atoms with Gasteiger partial charge < -0.3 is 19.4 Å². The molecule has 6 nitrogen and oxygen atoms in total. The normalized spacial score (nSPS) is 16.8. The number of thioether (sulfide) groups is 1. The number of hydrogen-bond donors (Lipinski definition) is 1. The SMILES string of the molecule is COCc1ccnc(CSc2nc3cc(N4CCCC4COC)c(F)cc3[nH]2)c1. The summed E-state index contributed by atoms with van der Waals surface area (Å²) in [7, 11) is 3.36. The highest BCUT2D eigenvalue weighted by Gasteiger charge is 2.27. The van der Waals surface area contributed by atoms with Gasteiger partial charge in [-0.15, -0.1) is 0 Å². The van der Waals surface area contributed by atoms with E-state index in [-0.39, 0.29) is 11.9 Å². The Kier molecular flexibility index (Phi) is 6.32. The van der Waals surface area contributed by atoms with Crippen LogP contribution >= 0.6 is 11.8 Å². The number of imidazole rings is 1. The number of halogens is 1. The lowest BCUT2D eigenvalue weighted by Crippen LogP contribution is -2.33. The van der Waals surface area contributed by atoms with Crippen molar-refractivity contribution in [3.63, 3.8) is 0 Å². The summed E-state index contributed by atoms with van der Waals surface area (Å²) in [5, 5.41) is 0.755. The van der Waals surface area contributed by atoms with Gasteiger partial charge in [0.25, 0.3) is 0 Å². The lowest BCUT2D eigenvalue weighted by atomic mass is 10.2. The fourth-order valence-corrected chi connectivity index (χ4v) is 4.60. The van der Waals surface area contributed by atoms with Crippen molar-refractivity contribution < 1.29 is 13.9 Å². The summed E-state index contributed by atoms with van der Waals surface area (Å²) in [6.07, 6.45) is 3.85. The van der Waals surface area contributed by atoms with E-state index in [1.807, 2.05) is 18.2 Å². The van der Waals surface area contributed by atoms with Crippen LogP contribution in [0.25, 0.3) is 11.0 Å². The number of H-pyrrole nitrogens is 1. The first-order valence-corrected chi connectivity index (χ1v) is 10.7. The molecular formula is C21H25FN4O2S. The molecule has 1 aromatic carbocycles. The second kappa shape index (κ2) is 9.11. The largest absolute Gasteiger partial charge is 0.383 e. The summed E-state index contributed by atoms with van der Waals surface area (Å²) in [5.74, 6) is 0.448. The van der Waals surface area contributed by atoms with Gasteiger partial charge in [-0.05, 0) is 36.6 Å². The Bertz CT molecular complexity index is 980. The molecule has 3 heterocycles. The molecule has 4 rings (SSSR count). The van der Waals surface area contributed by atoms with Crippen LogP contribution in [-0.2, 0) is 21.8 Å². The summed E-state index contributed by atoms with van der Waals surface area (Å²) < 4.78 is 25.3. The quantitative estimate of drug-likeness (QED) is 0.557. The number of fused-ring (bicyclic) bond motifs is 1. The Morgan fingerprint density at radius 1 is 1.28 bits per heavy atom. The third-order valence-electron chi connectivity index (χ3n) is 5.12. The summed E-state index contributed by atoms with van der Waals surface area (Å²) >= 11 is 1.55. The van der Waals surface area contributed by atoms with E-state index in [0.29, 0.717) is 30.2 Å². The predicted octanol–water partition coefficient (Wildman–Crippen LogP) is 4.15. The number of hydrogen-bond acceptors (Lipinski definition) is 6. The Hall–Kier alpha value is -2.16. The lowest BCUT2D eigenvalue weighted by molar-refractivity contribution is 0.180. The molecular weight excluding hydrogens is 391 g/mol. The highest BCUT2D eigenvalue weighted by Crippen LogP contribution is 2.32. The van der Waals surface area contributed by atoms with Crippen molar-refractivity contribution in [2.75, 3.05) is 32.3 Å². The van der Waals surface area contributed by atoms with Gasteiger partial charge in [-0.2, -0.15) is 0 Å². The molecule has 1 atom stereocenters. The topological polar surface area (TPSA) is 63.3 Å². The number of anilines is 1. The predicted molar refractivity (Wildman–Crippen MR) is 113 cm³/mol. The van der Waals surface area contributed by atoms with Gasteiger partial charge in [-0.3, -0.25) is 4.98 Å². The smallest absolute Gasteiger partial charge is 0.166 e. The number of aromatic amines is 1. The highest BCUT2D eigenvalue weighted by atomic mass is 32.2. The second-order valence-corrected chi connectivity index (χ2v) is 8.15. The van der Waals surface area contributed by atoms with Crippen molar-refractivity contribution in [2.24, 2.45) is 0 Å². The van der Waals surface area contributed by atoms with Gasteiger partial charge in [0.15, 0.2) is 5.16 Å².